The smallest absolute Gasteiger partial charge is 0.230 e. The van der Waals surface area contributed by atoms with Gasteiger partial charge in [0.2, 0.25) is 11.8 Å². The fourth-order valence-corrected chi connectivity index (χ4v) is 5.33. The van der Waals surface area contributed by atoms with Crippen LogP contribution < -0.4 is 10.7 Å². The first-order valence-electron chi connectivity index (χ1n) is 12.9. The van der Waals surface area contributed by atoms with Crippen molar-refractivity contribution in [3.05, 3.63) is 35.9 Å². The number of amides is 2. The van der Waals surface area contributed by atoms with Gasteiger partial charge < -0.3 is 19.9 Å². The van der Waals surface area contributed by atoms with Crippen molar-refractivity contribution in [1.82, 2.24) is 20.5 Å². The monoisotopic (exact) mass is 469 g/mol. The number of hydrogen-bond donors (Lipinski definition) is 2. The Morgan fingerprint density at radius 3 is 2.79 bits per heavy atom. The van der Waals surface area contributed by atoms with Gasteiger partial charge in [0, 0.05) is 38.6 Å². The molecule has 0 spiro atoms. The van der Waals surface area contributed by atoms with Gasteiger partial charge in [0.1, 0.15) is 5.84 Å². The van der Waals surface area contributed by atoms with E-state index < -0.39 is 0 Å². The van der Waals surface area contributed by atoms with Crippen LogP contribution in [0.15, 0.2) is 35.4 Å². The standard InChI is InChI=1S/C26H39N5O3/c1-19(2)34-18-8-17-30-25(33)21-11-6-7-12-22(21)31-23(28-29-26(30)31)13-14-24(32)27-16-15-20-9-4-3-5-10-20/h3-5,9-10,19,21-22,26,29H,6-8,11-18H2,1-2H3,(H,27,32). The Labute approximate surface area is 203 Å². The predicted molar refractivity (Wildman–Crippen MR) is 132 cm³/mol. The van der Waals surface area contributed by atoms with Crippen LogP contribution in [0.25, 0.3) is 0 Å². The van der Waals surface area contributed by atoms with Crippen molar-refractivity contribution in [3.8, 4) is 0 Å². The van der Waals surface area contributed by atoms with Crippen LogP contribution >= 0.6 is 0 Å². The molecule has 34 heavy (non-hydrogen) atoms. The summed E-state index contributed by atoms with van der Waals surface area (Å²) < 4.78 is 5.69. The van der Waals surface area contributed by atoms with E-state index in [1.54, 1.807) is 0 Å². The van der Waals surface area contributed by atoms with Crippen LogP contribution in [-0.4, -0.2) is 65.6 Å². The quantitative estimate of drug-likeness (QED) is 0.487. The van der Waals surface area contributed by atoms with E-state index in [0.717, 1.165) is 44.4 Å². The third-order valence-electron chi connectivity index (χ3n) is 7.00. The Morgan fingerprint density at radius 1 is 1.21 bits per heavy atom. The number of nitrogens with one attached hydrogen (secondary N) is 2. The molecule has 1 aromatic carbocycles. The zero-order chi connectivity index (χ0) is 23.9. The van der Waals surface area contributed by atoms with Crippen molar-refractivity contribution < 1.29 is 14.3 Å². The highest BCUT2D eigenvalue weighted by Gasteiger charge is 2.50. The maximum Gasteiger partial charge on any atom is 0.230 e. The van der Waals surface area contributed by atoms with E-state index in [0.29, 0.717) is 32.5 Å². The van der Waals surface area contributed by atoms with E-state index in [4.69, 9.17) is 4.74 Å². The minimum atomic E-state index is -0.248. The molecule has 3 unspecified atom stereocenters. The fourth-order valence-electron chi connectivity index (χ4n) is 5.33. The lowest BCUT2D eigenvalue weighted by Crippen LogP contribution is -2.67. The lowest BCUT2D eigenvalue weighted by Gasteiger charge is -2.50. The summed E-state index contributed by atoms with van der Waals surface area (Å²) in [6, 6.07) is 10.3. The van der Waals surface area contributed by atoms with Gasteiger partial charge in [-0.05, 0) is 45.1 Å². The summed E-state index contributed by atoms with van der Waals surface area (Å²) in [5.41, 5.74) is 4.42. The minimum Gasteiger partial charge on any atom is -0.379 e. The van der Waals surface area contributed by atoms with E-state index in [9.17, 15) is 9.59 Å². The maximum absolute atomic E-state index is 13.3. The van der Waals surface area contributed by atoms with Gasteiger partial charge in [-0.3, -0.25) is 15.0 Å². The molecule has 2 amide bonds. The molecular weight excluding hydrogens is 430 g/mol. The highest BCUT2D eigenvalue weighted by Crippen LogP contribution is 2.37. The van der Waals surface area contributed by atoms with Gasteiger partial charge in [-0.1, -0.05) is 43.2 Å². The summed E-state index contributed by atoms with van der Waals surface area (Å²) in [6.45, 7) is 5.96. The number of rotatable bonds is 11. The van der Waals surface area contributed by atoms with Gasteiger partial charge in [-0.15, -0.1) is 0 Å². The molecule has 3 aliphatic rings. The number of hydrazone groups is 1. The first kappa shape index (κ1) is 24.5. The van der Waals surface area contributed by atoms with E-state index >= 15 is 0 Å². The van der Waals surface area contributed by atoms with Crippen molar-refractivity contribution in [2.75, 3.05) is 19.7 Å². The highest BCUT2D eigenvalue weighted by atomic mass is 16.5. The van der Waals surface area contributed by atoms with Gasteiger partial charge in [-0.2, -0.15) is 5.10 Å². The molecule has 2 heterocycles. The predicted octanol–water partition coefficient (Wildman–Crippen LogP) is 2.84. The summed E-state index contributed by atoms with van der Waals surface area (Å²) >= 11 is 0. The first-order valence-corrected chi connectivity index (χ1v) is 12.9. The van der Waals surface area contributed by atoms with Crippen LogP contribution in [0.5, 0.6) is 0 Å². The highest BCUT2D eigenvalue weighted by molar-refractivity contribution is 5.91. The molecule has 4 rings (SSSR count). The van der Waals surface area contributed by atoms with Crippen LogP contribution in [0.3, 0.4) is 0 Å². The summed E-state index contributed by atoms with van der Waals surface area (Å²) in [4.78, 5) is 30.1. The van der Waals surface area contributed by atoms with Crippen molar-refractivity contribution in [1.29, 1.82) is 0 Å². The summed E-state index contributed by atoms with van der Waals surface area (Å²) in [5.74, 6) is 1.19. The lowest BCUT2D eigenvalue weighted by molar-refractivity contribution is -0.155. The Bertz CT molecular complexity index is 859. The maximum atomic E-state index is 13.3. The molecule has 1 saturated carbocycles. The Morgan fingerprint density at radius 2 is 2.00 bits per heavy atom. The minimum absolute atomic E-state index is 0.0146. The van der Waals surface area contributed by atoms with E-state index in [1.165, 1.54) is 5.56 Å². The van der Waals surface area contributed by atoms with Crippen LogP contribution in [-0.2, 0) is 20.7 Å². The lowest BCUT2D eigenvalue weighted by atomic mass is 9.80. The zero-order valence-corrected chi connectivity index (χ0v) is 20.5. The van der Waals surface area contributed by atoms with E-state index in [-0.39, 0.29) is 36.2 Å². The second kappa shape index (κ2) is 11.7. The topological polar surface area (TPSA) is 86.3 Å². The molecule has 2 N–H and O–H groups in total. The summed E-state index contributed by atoms with van der Waals surface area (Å²) in [7, 11) is 0. The van der Waals surface area contributed by atoms with Gasteiger partial charge >= 0.3 is 0 Å². The number of benzene rings is 1. The molecule has 8 nitrogen and oxygen atoms in total. The second-order valence-corrected chi connectivity index (χ2v) is 9.79. The normalized spacial score (nSPS) is 23.9. The molecule has 0 bridgehead atoms. The Balaban J connectivity index is 1.32. The van der Waals surface area contributed by atoms with Gasteiger partial charge in [0.25, 0.3) is 0 Å². The summed E-state index contributed by atoms with van der Waals surface area (Å²) in [6.07, 6.45) is 6.69. The Hall–Kier alpha value is -2.61. The molecule has 0 radical (unpaired) electrons. The average Bonchev–Trinajstić information content (AvgIpc) is 3.27. The molecule has 3 atom stereocenters. The van der Waals surface area contributed by atoms with Gasteiger partial charge in [0.05, 0.1) is 12.0 Å². The molecule has 2 fully saturated rings. The third-order valence-corrected chi connectivity index (χ3v) is 7.00. The number of ether oxygens (including phenoxy) is 1. The molecule has 1 aliphatic carbocycles. The number of carbonyl (C=O) groups excluding carboxylic acids is 2. The first-order chi connectivity index (χ1) is 16.5. The van der Waals surface area contributed by atoms with Crippen molar-refractivity contribution in [2.24, 2.45) is 11.0 Å². The molecule has 1 saturated heterocycles. The molecular formula is C26H39N5O3. The zero-order valence-electron chi connectivity index (χ0n) is 20.5. The fraction of sp³-hybridized carbons (Fsp3) is 0.654. The van der Waals surface area contributed by atoms with Gasteiger partial charge in [-0.25, -0.2) is 0 Å². The molecule has 2 aliphatic heterocycles. The molecule has 1 aromatic rings. The SMILES string of the molecule is CC(C)OCCCN1C(=O)C2CCCCC2N2C(CCC(=O)NCCc3ccccc3)=NNC12. The largest absolute Gasteiger partial charge is 0.379 e. The number of nitrogens with zero attached hydrogens (tertiary/aromatic N) is 3. The van der Waals surface area contributed by atoms with Crippen LogP contribution in [0.4, 0.5) is 0 Å². The Kier molecular flexibility index (Phi) is 8.43. The van der Waals surface area contributed by atoms with Crippen LogP contribution in [0, 0.1) is 5.92 Å². The molecule has 186 valence electrons. The molecule has 8 heteroatoms. The van der Waals surface area contributed by atoms with E-state index in [1.807, 2.05) is 36.9 Å². The van der Waals surface area contributed by atoms with Crippen LogP contribution in [0.1, 0.15) is 64.4 Å². The van der Waals surface area contributed by atoms with Gasteiger partial charge in [0.15, 0.2) is 6.29 Å². The number of carbonyl (C=O) groups is 2. The summed E-state index contributed by atoms with van der Waals surface area (Å²) in [5, 5.41) is 7.63. The number of hydrogen-bond acceptors (Lipinski definition) is 6. The third kappa shape index (κ3) is 5.90. The molecule has 0 aromatic heterocycles. The van der Waals surface area contributed by atoms with Crippen molar-refractivity contribution in [2.45, 2.75) is 83.6 Å². The van der Waals surface area contributed by atoms with E-state index in [2.05, 4.69) is 32.9 Å². The van der Waals surface area contributed by atoms with Crippen molar-refractivity contribution in [3.63, 3.8) is 0 Å². The van der Waals surface area contributed by atoms with Crippen molar-refractivity contribution >= 4 is 17.6 Å². The average molecular weight is 470 g/mol. The number of fused-ring (bicyclic) bond motifs is 3. The second-order valence-electron chi connectivity index (χ2n) is 9.79. The number of amidine groups is 1. The van der Waals surface area contributed by atoms with Crippen LogP contribution in [0.2, 0.25) is 0 Å².